The largest absolute Gasteiger partial charge is 0.496 e. The van der Waals surface area contributed by atoms with Crippen molar-refractivity contribution in [2.45, 2.75) is 65.4 Å². The van der Waals surface area contributed by atoms with Crippen LogP contribution in [0.5, 0.6) is 5.75 Å². The highest BCUT2D eigenvalue weighted by atomic mass is 16.5. The number of benzene rings is 1. The summed E-state index contributed by atoms with van der Waals surface area (Å²) in [5, 5.41) is 11.3. The standard InChI is InChI=1S/C18H28O2/c1-13-11-14(2)16(15(12-13)20-5)18(19)8-6-7-17(3,4)9-10-18/h11-12,19H,6-10H2,1-5H3. The van der Waals surface area contributed by atoms with Crippen LogP contribution in [0.1, 0.15) is 62.6 Å². The van der Waals surface area contributed by atoms with Crippen molar-refractivity contribution in [3.05, 3.63) is 28.8 Å². The molecule has 0 radical (unpaired) electrons. The smallest absolute Gasteiger partial charge is 0.125 e. The van der Waals surface area contributed by atoms with Gasteiger partial charge < -0.3 is 9.84 Å². The molecule has 0 spiro atoms. The molecule has 2 nitrogen and oxygen atoms in total. The molecule has 1 saturated carbocycles. The molecule has 1 N–H and O–H groups in total. The third kappa shape index (κ3) is 3.01. The Kier molecular flexibility index (Phi) is 4.15. The molecule has 0 amide bonds. The maximum Gasteiger partial charge on any atom is 0.125 e. The zero-order valence-electron chi connectivity index (χ0n) is 13.5. The third-order valence-corrected chi connectivity index (χ3v) is 4.79. The second-order valence-corrected chi connectivity index (χ2v) is 7.21. The molecule has 1 aromatic rings. The lowest BCUT2D eigenvalue weighted by molar-refractivity contribution is 0.0152. The summed E-state index contributed by atoms with van der Waals surface area (Å²) in [7, 11) is 1.70. The van der Waals surface area contributed by atoms with E-state index < -0.39 is 5.60 Å². The molecule has 0 aliphatic heterocycles. The van der Waals surface area contributed by atoms with Crippen molar-refractivity contribution in [1.82, 2.24) is 0 Å². The number of hydrogen-bond acceptors (Lipinski definition) is 2. The van der Waals surface area contributed by atoms with E-state index in [0.717, 1.165) is 42.6 Å². The Labute approximate surface area is 123 Å². The van der Waals surface area contributed by atoms with Gasteiger partial charge in [0.25, 0.3) is 0 Å². The molecule has 1 fully saturated rings. The molecule has 0 aromatic heterocycles. The molecule has 1 atom stereocenters. The first-order valence-electron chi connectivity index (χ1n) is 7.65. The van der Waals surface area contributed by atoms with Crippen molar-refractivity contribution >= 4 is 0 Å². The third-order valence-electron chi connectivity index (χ3n) is 4.79. The van der Waals surface area contributed by atoms with Gasteiger partial charge in [0, 0.05) is 5.56 Å². The van der Waals surface area contributed by atoms with E-state index in [1.807, 2.05) is 6.07 Å². The van der Waals surface area contributed by atoms with E-state index in [9.17, 15) is 5.11 Å². The van der Waals surface area contributed by atoms with E-state index in [1.165, 1.54) is 12.0 Å². The van der Waals surface area contributed by atoms with Crippen LogP contribution in [-0.4, -0.2) is 12.2 Å². The Balaban J connectivity index is 2.44. The minimum Gasteiger partial charge on any atom is -0.496 e. The van der Waals surface area contributed by atoms with Crippen LogP contribution < -0.4 is 4.74 Å². The lowest BCUT2D eigenvalue weighted by Gasteiger charge is -2.31. The molecule has 0 bridgehead atoms. The first-order chi connectivity index (χ1) is 9.27. The minimum absolute atomic E-state index is 0.330. The number of ether oxygens (including phenoxy) is 1. The van der Waals surface area contributed by atoms with Crippen molar-refractivity contribution in [3.8, 4) is 5.75 Å². The van der Waals surface area contributed by atoms with Crippen molar-refractivity contribution in [1.29, 1.82) is 0 Å². The summed E-state index contributed by atoms with van der Waals surface area (Å²) in [5.74, 6) is 0.838. The first kappa shape index (κ1) is 15.4. The van der Waals surface area contributed by atoms with Gasteiger partial charge in [-0.2, -0.15) is 0 Å². The van der Waals surface area contributed by atoms with Gasteiger partial charge in [0.05, 0.1) is 12.7 Å². The number of methoxy groups -OCH3 is 1. The van der Waals surface area contributed by atoms with E-state index in [-0.39, 0.29) is 0 Å². The average molecular weight is 276 g/mol. The number of aryl methyl sites for hydroxylation is 2. The summed E-state index contributed by atoms with van der Waals surface area (Å²) in [4.78, 5) is 0. The topological polar surface area (TPSA) is 29.5 Å². The van der Waals surface area contributed by atoms with Gasteiger partial charge in [0.2, 0.25) is 0 Å². The Morgan fingerprint density at radius 3 is 2.40 bits per heavy atom. The molecule has 0 saturated heterocycles. The fourth-order valence-electron chi connectivity index (χ4n) is 3.59. The Morgan fingerprint density at radius 1 is 1.05 bits per heavy atom. The van der Waals surface area contributed by atoms with Gasteiger partial charge in [-0.05, 0) is 68.6 Å². The van der Waals surface area contributed by atoms with E-state index in [2.05, 4.69) is 33.8 Å². The van der Waals surface area contributed by atoms with E-state index in [0.29, 0.717) is 5.41 Å². The predicted molar refractivity (Wildman–Crippen MR) is 83.2 cm³/mol. The zero-order chi connectivity index (χ0) is 15.0. The fourth-order valence-corrected chi connectivity index (χ4v) is 3.59. The molecule has 0 heterocycles. The molecule has 2 rings (SSSR count). The Hall–Kier alpha value is -1.02. The van der Waals surface area contributed by atoms with E-state index in [4.69, 9.17) is 4.74 Å². The van der Waals surface area contributed by atoms with Crippen molar-refractivity contribution in [2.75, 3.05) is 7.11 Å². The molecule has 1 unspecified atom stereocenters. The highest BCUT2D eigenvalue weighted by Gasteiger charge is 2.38. The monoisotopic (exact) mass is 276 g/mol. The second-order valence-electron chi connectivity index (χ2n) is 7.21. The molecule has 2 heteroatoms. The summed E-state index contributed by atoms with van der Waals surface area (Å²) >= 11 is 0. The van der Waals surface area contributed by atoms with Crippen molar-refractivity contribution in [2.24, 2.45) is 5.41 Å². The van der Waals surface area contributed by atoms with E-state index >= 15 is 0 Å². The van der Waals surface area contributed by atoms with Gasteiger partial charge in [-0.25, -0.2) is 0 Å². The fraction of sp³-hybridized carbons (Fsp3) is 0.667. The summed E-state index contributed by atoms with van der Waals surface area (Å²) in [5.41, 5.74) is 2.92. The predicted octanol–water partition coefficient (Wildman–Crippen LogP) is 4.49. The maximum absolute atomic E-state index is 11.3. The summed E-state index contributed by atoms with van der Waals surface area (Å²) < 4.78 is 5.56. The van der Waals surface area contributed by atoms with Crippen molar-refractivity contribution in [3.63, 3.8) is 0 Å². The van der Waals surface area contributed by atoms with Gasteiger partial charge in [0.15, 0.2) is 0 Å². The van der Waals surface area contributed by atoms with Gasteiger partial charge in [-0.15, -0.1) is 0 Å². The van der Waals surface area contributed by atoms with Gasteiger partial charge in [-0.1, -0.05) is 19.9 Å². The molecule has 112 valence electrons. The van der Waals surface area contributed by atoms with Crippen LogP contribution >= 0.6 is 0 Å². The normalized spacial score (nSPS) is 26.1. The van der Waals surface area contributed by atoms with Crippen LogP contribution in [0.25, 0.3) is 0 Å². The van der Waals surface area contributed by atoms with E-state index in [1.54, 1.807) is 7.11 Å². The lowest BCUT2D eigenvalue weighted by atomic mass is 9.80. The number of aliphatic hydroxyl groups is 1. The Morgan fingerprint density at radius 2 is 1.75 bits per heavy atom. The minimum atomic E-state index is -0.739. The number of hydrogen-bond donors (Lipinski definition) is 1. The van der Waals surface area contributed by atoms with Crippen LogP contribution in [0.15, 0.2) is 12.1 Å². The number of rotatable bonds is 2. The van der Waals surface area contributed by atoms with Crippen molar-refractivity contribution < 1.29 is 9.84 Å². The van der Waals surface area contributed by atoms with Crippen LogP contribution in [0.4, 0.5) is 0 Å². The highest BCUT2D eigenvalue weighted by Crippen LogP contribution is 2.46. The molecular formula is C18H28O2. The summed E-state index contributed by atoms with van der Waals surface area (Å²) in [6.07, 6.45) is 4.96. The average Bonchev–Trinajstić information content (AvgIpc) is 2.48. The summed E-state index contributed by atoms with van der Waals surface area (Å²) in [6, 6.07) is 4.18. The molecule has 1 aromatic carbocycles. The lowest BCUT2D eigenvalue weighted by Crippen LogP contribution is -2.27. The molecule has 20 heavy (non-hydrogen) atoms. The zero-order valence-corrected chi connectivity index (χ0v) is 13.5. The van der Waals surface area contributed by atoms with Crippen LogP contribution in [0, 0.1) is 19.3 Å². The maximum atomic E-state index is 11.3. The quantitative estimate of drug-likeness (QED) is 0.806. The second kappa shape index (κ2) is 5.40. The highest BCUT2D eigenvalue weighted by molar-refractivity contribution is 5.46. The molecular weight excluding hydrogens is 248 g/mol. The van der Waals surface area contributed by atoms with Gasteiger partial charge in [0.1, 0.15) is 5.75 Å². The Bertz CT molecular complexity index is 490. The van der Waals surface area contributed by atoms with Crippen LogP contribution in [0.2, 0.25) is 0 Å². The summed E-state index contributed by atoms with van der Waals surface area (Å²) in [6.45, 7) is 8.76. The van der Waals surface area contributed by atoms with Gasteiger partial charge in [-0.3, -0.25) is 0 Å². The molecule has 1 aliphatic carbocycles. The molecule has 1 aliphatic rings. The first-order valence-corrected chi connectivity index (χ1v) is 7.65. The SMILES string of the molecule is COc1cc(C)cc(C)c1C1(O)CCCC(C)(C)CC1. The van der Waals surface area contributed by atoms with Crippen LogP contribution in [-0.2, 0) is 5.60 Å². The van der Waals surface area contributed by atoms with Crippen LogP contribution in [0.3, 0.4) is 0 Å². The van der Waals surface area contributed by atoms with Gasteiger partial charge >= 0.3 is 0 Å².